The first-order chi connectivity index (χ1) is 16.1. The Morgan fingerprint density at radius 3 is 2.76 bits per heavy atom. The maximum absolute atomic E-state index is 13.2. The van der Waals surface area contributed by atoms with Crippen molar-refractivity contribution in [1.82, 2.24) is 10.2 Å². The van der Waals surface area contributed by atoms with E-state index in [0.29, 0.717) is 33.8 Å². The number of thioether (sulfide) groups is 1. The van der Waals surface area contributed by atoms with Crippen molar-refractivity contribution in [3.63, 3.8) is 0 Å². The number of nitrogens with zero attached hydrogens (tertiary/aromatic N) is 4. The average Bonchev–Trinajstić information content (AvgIpc) is 3.27. The van der Waals surface area contributed by atoms with Crippen LogP contribution in [0.25, 0.3) is 0 Å². The summed E-state index contributed by atoms with van der Waals surface area (Å²) in [7, 11) is 0. The Morgan fingerprint density at radius 1 is 1.18 bits per heavy atom. The molecule has 0 radical (unpaired) electrons. The van der Waals surface area contributed by atoms with Gasteiger partial charge in [-0.2, -0.15) is 5.26 Å². The van der Waals surface area contributed by atoms with Gasteiger partial charge in [0.2, 0.25) is 5.13 Å². The van der Waals surface area contributed by atoms with E-state index < -0.39 is 5.92 Å². The van der Waals surface area contributed by atoms with E-state index in [-0.39, 0.29) is 5.78 Å². The summed E-state index contributed by atoms with van der Waals surface area (Å²) in [5.41, 5.74) is 10.6. The van der Waals surface area contributed by atoms with Gasteiger partial charge in [0.1, 0.15) is 5.82 Å². The molecule has 1 fully saturated rings. The second kappa shape index (κ2) is 9.32. The highest BCUT2D eigenvalue weighted by molar-refractivity contribution is 8.01. The van der Waals surface area contributed by atoms with E-state index in [1.165, 1.54) is 43.4 Å². The van der Waals surface area contributed by atoms with Gasteiger partial charge in [0.25, 0.3) is 0 Å². The smallest absolute Gasteiger partial charge is 0.219 e. The van der Waals surface area contributed by atoms with Gasteiger partial charge in [0.05, 0.1) is 17.6 Å². The summed E-state index contributed by atoms with van der Waals surface area (Å²) < 4.78 is 0.924. The summed E-state index contributed by atoms with van der Waals surface area (Å²) in [5.74, 6) is 0.0232. The molecule has 8 heteroatoms. The van der Waals surface area contributed by atoms with E-state index in [9.17, 15) is 10.1 Å². The van der Waals surface area contributed by atoms with Gasteiger partial charge in [-0.1, -0.05) is 72.2 Å². The average molecular weight is 478 g/mol. The van der Waals surface area contributed by atoms with Crippen molar-refractivity contribution in [3.05, 3.63) is 58.1 Å². The van der Waals surface area contributed by atoms with Gasteiger partial charge >= 0.3 is 0 Å². The molecule has 0 spiro atoms. The SMILES string of the molecule is Cc1cccc(C2C(C#N)=C(N)N(c3nnc(SC4CCCCC4)s3)C3=C2C(=O)CCC3)c1. The maximum atomic E-state index is 13.2. The maximum Gasteiger partial charge on any atom is 0.219 e. The van der Waals surface area contributed by atoms with Crippen LogP contribution in [0.1, 0.15) is 68.4 Å². The number of rotatable bonds is 4. The minimum absolute atomic E-state index is 0.0920. The van der Waals surface area contributed by atoms with Crippen LogP contribution in [0.3, 0.4) is 0 Å². The number of aromatic nitrogens is 2. The van der Waals surface area contributed by atoms with Crippen LogP contribution >= 0.6 is 23.1 Å². The molecule has 2 N–H and O–H groups in total. The Morgan fingerprint density at radius 2 is 2.00 bits per heavy atom. The standard InChI is InChI=1S/C25H27N5OS2/c1-15-7-5-8-16(13-15)21-18(14-26)23(27)30(19-11-6-12-20(31)22(19)21)24-28-29-25(33-24)32-17-9-3-2-4-10-17/h5,7-8,13,17,21H,2-4,6,9-12,27H2,1H3. The van der Waals surface area contributed by atoms with E-state index in [0.717, 1.165) is 34.0 Å². The lowest BCUT2D eigenvalue weighted by atomic mass is 9.75. The lowest BCUT2D eigenvalue weighted by Crippen LogP contribution is -2.38. The fourth-order valence-corrected chi connectivity index (χ4v) is 7.54. The lowest BCUT2D eigenvalue weighted by Gasteiger charge is -2.38. The highest BCUT2D eigenvalue weighted by Gasteiger charge is 2.41. The number of Topliss-reactive ketones (excluding diaryl/α,β-unsaturated/α-hetero) is 1. The molecule has 33 heavy (non-hydrogen) atoms. The molecule has 0 amide bonds. The van der Waals surface area contributed by atoms with E-state index in [1.54, 1.807) is 11.8 Å². The Bertz CT molecular complexity index is 1190. The molecule has 5 rings (SSSR count). The second-order valence-corrected chi connectivity index (χ2v) is 11.5. The third-order valence-corrected chi connectivity index (χ3v) is 9.03. The Kier molecular flexibility index (Phi) is 6.26. The van der Waals surface area contributed by atoms with E-state index in [4.69, 9.17) is 5.73 Å². The second-order valence-electron chi connectivity index (χ2n) is 8.96. The number of carbonyl (C=O) groups excluding carboxylic acids is 1. The predicted molar refractivity (Wildman–Crippen MR) is 132 cm³/mol. The first-order valence-corrected chi connectivity index (χ1v) is 13.3. The summed E-state index contributed by atoms with van der Waals surface area (Å²) in [5, 5.41) is 20.3. The molecule has 0 bridgehead atoms. The normalized spacial score (nSPS) is 21.9. The summed E-state index contributed by atoms with van der Waals surface area (Å²) >= 11 is 3.30. The number of carbonyl (C=O) groups is 1. The summed E-state index contributed by atoms with van der Waals surface area (Å²) in [4.78, 5) is 15.0. The zero-order valence-corrected chi connectivity index (χ0v) is 20.3. The number of benzene rings is 1. The Balaban J connectivity index is 1.57. The van der Waals surface area contributed by atoms with E-state index in [1.807, 2.05) is 36.1 Å². The van der Waals surface area contributed by atoms with Gasteiger partial charge < -0.3 is 5.73 Å². The zero-order valence-electron chi connectivity index (χ0n) is 18.7. The molecule has 0 saturated heterocycles. The molecule has 1 unspecified atom stereocenters. The predicted octanol–water partition coefficient (Wildman–Crippen LogP) is 5.58. The topological polar surface area (TPSA) is 95.9 Å². The molecule has 1 aromatic heterocycles. The fourth-order valence-electron chi connectivity index (χ4n) is 5.15. The lowest BCUT2D eigenvalue weighted by molar-refractivity contribution is -0.116. The minimum atomic E-state index is -0.432. The molecular weight excluding hydrogens is 450 g/mol. The van der Waals surface area contributed by atoms with Crippen molar-refractivity contribution < 1.29 is 4.79 Å². The molecule has 1 aromatic carbocycles. The highest BCUT2D eigenvalue weighted by Crippen LogP contribution is 2.47. The third kappa shape index (κ3) is 4.20. The summed E-state index contributed by atoms with van der Waals surface area (Å²) in [6.07, 6.45) is 8.28. The molecule has 2 heterocycles. The van der Waals surface area contributed by atoms with Crippen molar-refractivity contribution in [2.24, 2.45) is 5.73 Å². The summed E-state index contributed by atoms with van der Waals surface area (Å²) in [6, 6.07) is 10.3. The minimum Gasteiger partial charge on any atom is -0.384 e. The molecule has 170 valence electrons. The third-order valence-electron chi connectivity index (χ3n) is 6.70. The van der Waals surface area contributed by atoms with E-state index in [2.05, 4.69) is 16.3 Å². The molecule has 2 aromatic rings. The van der Waals surface area contributed by atoms with Crippen LogP contribution in [0.5, 0.6) is 0 Å². The van der Waals surface area contributed by atoms with Gasteiger partial charge in [-0.3, -0.25) is 9.69 Å². The number of allylic oxidation sites excluding steroid dienone is 3. The number of nitrogens with two attached hydrogens (primary N) is 1. The van der Waals surface area contributed by atoms with Gasteiger partial charge in [0, 0.05) is 22.9 Å². The quantitative estimate of drug-likeness (QED) is 0.614. The molecular formula is C25H27N5OS2. The van der Waals surface area contributed by atoms with Crippen LogP contribution in [0, 0.1) is 18.3 Å². The van der Waals surface area contributed by atoms with Crippen LogP contribution in [0.2, 0.25) is 0 Å². The van der Waals surface area contributed by atoms with Gasteiger partial charge in [-0.05, 0) is 38.2 Å². The number of ketones is 1. The van der Waals surface area contributed by atoms with E-state index >= 15 is 0 Å². The first kappa shape index (κ1) is 22.2. The number of aryl methyl sites for hydroxylation is 1. The van der Waals surface area contributed by atoms with Crippen LogP contribution in [-0.2, 0) is 4.79 Å². The van der Waals surface area contributed by atoms with Crippen molar-refractivity contribution in [1.29, 1.82) is 5.26 Å². The highest BCUT2D eigenvalue weighted by atomic mass is 32.2. The largest absolute Gasteiger partial charge is 0.384 e. The van der Waals surface area contributed by atoms with Crippen molar-refractivity contribution in [2.45, 2.75) is 73.8 Å². The van der Waals surface area contributed by atoms with Crippen molar-refractivity contribution in [3.8, 4) is 6.07 Å². The molecule has 3 aliphatic rings. The Hall–Kier alpha value is -2.63. The van der Waals surface area contributed by atoms with Gasteiger partial charge in [-0.25, -0.2) is 0 Å². The number of hydrogen-bond acceptors (Lipinski definition) is 8. The zero-order chi connectivity index (χ0) is 22.9. The molecule has 6 nitrogen and oxygen atoms in total. The molecule has 1 saturated carbocycles. The molecule has 1 aliphatic heterocycles. The number of hydrogen-bond donors (Lipinski definition) is 1. The molecule has 2 aliphatic carbocycles. The number of anilines is 1. The van der Waals surface area contributed by atoms with Crippen LogP contribution < -0.4 is 10.6 Å². The molecule has 1 atom stereocenters. The van der Waals surface area contributed by atoms with Gasteiger partial charge in [0.15, 0.2) is 10.1 Å². The Labute approximate surface area is 202 Å². The van der Waals surface area contributed by atoms with Crippen molar-refractivity contribution >= 4 is 34.0 Å². The van der Waals surface area contributed by atoms with Gasteiger partial charge in [-0.15, -0.1) is 10.2 Å². The fraction of sp³-hybridized carbons (Fsp3) is 0.440. The van der Waals surface area contributed by atoms with Crippen LogP contribution in [-0.4, -0.2) is 21.2 Å². The van der Waals surface area contributed by atoms with Crippen LogP contribution in [0.15, 0.2) is 51.3 Å². The number of nitriles is 1. The summed E-state index contributed by atoms with van der Waals surface area (Å²) in [6.45, 7) is 2.02. The first-order valence-electron chi connectivity index (χ1n) is 11.6. The van der Waals surface area contributed by atoms with Crippen molar-refractivity contribution in [2.75, 3.05) is 4.90 Å². The van der Waals surface area contributed by atoms with Crippen LogP contribution in [0.4, 0.5) is 5.13 Å². The monoisotopic (exact) mass is 477 g/mol.